The molecule has 0 fully saturated rings. The first-order chi connectivity index (χ1) is 12.8. The van der Waals surface area contributed by atoms with Gasteiger partial charge in [0.15, 0.2) is 0 Å². The number of anilines is 2. The van der Waals surface area contributed by atoms with E-state index < -0.39 is 17.6 Å². The Morgan fingerprint density at radius 1 is 1.33 bits per heavy atom. The molecule has 0 aliphatic carbocycles. The number of ether oxygens (including phenoxy) is 2. The number of alkyl halides is 3. The summed E-state index contributed by atoms with van der Waals surface area (Å²) in [4.78, 5) is 21.6. The van der Waals surface area contributed by atoms with Gasteiger partial charge in [0.1, 0.15) is 11.3 Å². The zero-order chi connectivity index (χ0) is 19.6. The molecule has 27 heavy (non-hydrogen) atoms. The van der Waals surface area contributed by atoms with Gasteiger partial charge in [-0.05, 0) is 24.6 Å². The van der Waals surface area contributed by atoms with E-state index in [-0.39, 0.29) is 18.5 Å². The zero-order valence-electron chi connectivity index (χ0n) is 14.6. The van der Waals surface area contributed by atoms with Crippen LogP contribution in [-0.2, 0) is 6.18 Å². The van der Waals surface area contributed by atoms with E-state index in [1.807, 2.05) is 0 Å². The summed E-state index contributed by atoms with van der Waals surface area (Å²) < 4.78 is 50.0. The summed E-state index contributed by atoms with van der Waals surface area (Å²) in [6.45, 7) is 0.283. The van der Waals surface area contributed by atoms with Crippen LogP contribution in [0.5, 0.6) is 11.6 Å². The Bertz CT molecular complexity index is 858. The van der Waals surface area contributed by atoms with Gasteiger partial charge in [-0.25, -0.2) is 4.98 Å². The van der Waals surface area contributed by atoms with E-state index in [9.17, 15) is 18.0 Å². The molecule has 1 aliphatic rings. The number of carbonyl (C=O) groups excluding carboxylic acids is 1. The molecule has 10 heteroatoms. The lowest BCUT2D eigenvalue weighted by molar-refractivity contribution is -0.139. The maximum absolute atomic E-state index is 13.2. The second kappa shape index (κ2) is 7.29. The number of hydrogen-bond donors (Lipinski definition) is 1. The monoisotopic (exact) mass is 382 g/mol. The lowest BCUT2D eigenvalue weighted by atomic mass is 10.1. The molecule has 1 N–H and O–H groups in total. The molecule has 2 aromatic rings. The van der Waals surface area contributed by atoms with Gasteiger partial charge in [0.05, 0.1) is 19.4 Å². The highest BCUT2D eigenvalue weighted by Crippen LogP contribution is 2.36. The molecule has 144 valence electrons. The first-order valence-corrected chi connectivity index (χ1v) is 8.07. The number of nitrogens with zero attached hydrogens (tertiary/aromatic N) is 3. The predicted molar refractivity (Wildman–Crippen MR) is 90.4 cm³/mol. The van der Waals surface area contributed by atoms with Crippen molar-refractivity contribution in [2.45, 2.75) is 12.6 Å². The Balaban J connectivity index is 2.08. The summed E-state index contributed by atoms with van der Waals surface area (Å²) in [7, 11) is 3.05. The van der Waals surface area contributed by atoms with Gasteiger partial charge < -0.3 is 19.7 Å². The molecule has 0 saturated heterocycles. The minimum Gasteiger partial charge on any atom is -0.495 e. The second-order valence-electron chi connectivity index (χ2n) is 5.88. The van der Waals surface area contributed by atoms with E-state index in [1.165, 1.54) is 18.1 Å². The van der Waals surface area contributed by atoms with Gasteiger partial charge in [0.2, 0.25) is 11.8 Å². The Kier molecular flexibility index (Phi) is 5.06. The fourth-order valence-electron chi connectivity index (χ4n) is 2.58. The quantitative estimate of drug-likeness (QED) is 0.817. The van der Waals surface area contributed by atoms with Crippen LogP contribution < -0.4 is 14.8 Å². The Hall–Kier alpha value is -3.04. The number of aromatic nitrogens is 2. The second-order valence-corrected chi connectivity index (χ2v) is 5.88. The summed E-state index contributed by atoms with van der Waals surface area (Å²) >= 11 is 0. The number of rotatable bonds is 1. The van der Waals surface area contributed by atoms with Crippen LogP contribution in [-0.4, -0.2) is 48.1 Å². The topological polar surface area (TPSA) is 76.6 Å². The van der Waals surface area contributed by atoms with Crippen LogP contribution >= 0.6 is 0 Å². The molecular formula is C17H17F3N4O3. The standard InChI is InChI=1S/C17H17F3N4O3/c1-24-6-3-7-27-14-11(17(18,19)20)9-21-16(23-14)22-12-8-10(15(24)25)4-5-13(12)26-2/h4-5,8-9H,3,6-7H2,1-2H3,(H,21,22,23). The number of methoxy groups -OCH3 is 1. The summed E-state index contributed by atoms with van der Waals surface area (Å²) in [5.74, 6) is -0.518. The van der Waals surface area contributed by atoms with Crippen LogP contribution in [0.3, 0.4) is 0 Å². The number of carbonyl (C=O) groups is 1. The average Bonchev–Trinajstić information content (AvgIpc) is 2.63. The van der Waals surface area contributed by atoms with Crippen LogP contribution in [0.15, 0.2) is 24.4 Å². The van der Waals surface area contributed by atoms with E-state index >= 15 is 0 Å². The van der Waals surface area contributed by atoms with Crippen molar-refractivity contribution in [3.63, 3.8) is 0 Å². The molecule has 3 rings (SSSR count). The first kappa shape index (κ1) is 18.7. The number of halogens is 3. The maximum atomic E-state index is 13.2. The molecule has 0 unspecified atom stereocenters. The normalized spacial score (nSPS) is 15.0. The van der Waals surface area contributed by atoms with Crippen LogP contribution in [0.1, 0.15) is 22.3 Å². The molecule has 4 bridgehead atoms. The molecule has 1 aliphatic heterocycles. The third-order valence-electron chi connectivity index (χ3n) is 3.98. The van der Waals surface area contributed by atoms with Crippen molar-refractivity contribution >= 4 is 17.5 Å². The molecular weight excluding hydrogens is 365 g/mol. The van der Waals surface area contributed by atoms with Crippen molar-refractivity contribution in [3.05, 3.63) is 35.5 Å². The van der Waals surface area contributed by atoms with Gasteiger partial charge in [0, 0.05) is 25.4 Å². The molecule has 0 spiro atoms. The SMILES string of the molecule is COc1ccc2cc1Nc1ncc(C(F)(F)F)c(n1)OCCCN(C)C2=O. The van der Waals surface area contributed by atoms with Gasteiger partial charge in [-0.15, -0.1) is 0 Å². The average molecular weight is 382 g/mol. The van der Waals surface area contributed by atoms with Crippen molar-refractivity contribution in [1.82, 2.24) is 14.9 Å². The molecule has 2 heterocycles. The third-order valence-corrected chi connectivity index (χ3v) is 3.98. The summed E-state index contributed by atoms with van der Waals surface area (Å²) in [5.41, 5.74) is -0.317. The van der Waals surface area contributed by atoms with Crippen molar-refractivity contribution in [2.24, 2.45) is 0 Å². The Morgan fingerprint density at radius 2 is 2.11 bits per heavy atom. The third kappa shape index (κ3) is 4.04. The van der Waals surface area contributed by atoms with Crippen LogP contribution in [0.25, 0.3) is 0 Å². The van der Waals surface area contributed by atoms with Crippen LogP contribution in [0, 0.1) is 0 Å². The molecule has 7 nitrogen and oxygen atoms in total. The summed E-state index contributed by atoms with van der Waals surface area (Å²) in [5, 5.41) is 2.79. The van der Waals surface area contributed by atoms with Gasteiger partial charge in [-0.1, -0.05) is 0 Å². The minimum absolute atomic E-state index is 0.0297. The summed E-state index contributed by atoms with van der Waals surface area (Å²) in [6, 6.07) is 4.74. The van der Waals surface area contributed by atoms with Gasteiger partial charge in [0.25, 0.3) is 5.91 Å². The van der Waals surface area contributed by atoms with E-state index in [0.717, 1.165) is 0 Å². The van der Waals surface area contributed by atoms with Gasteiger partial charge in [-0.3, -0.25) is 4.79 Å². The zero-order valence-corrected chi connectivity index (χ0v) is 14.6. The molecule has 1 aromatic heterocycles. The Labute approximate surface area is 153 Å². The Morgan fingerprint density at radius 3 is 2.81 bits per heavy atom. The molecule has 1 aromatic carbocycles. The molecule has 0 radical (unpaired) electrons. The fourth-order valence-corrected chi connectivity index (χ4v) is 2.58. The highest BCUT2D eigenvalue weighted by Gasteiger charge is 2.36. The lowest BCUT2D eigenvalue weighted by Gasteiger charge is -2.18. The van der Waals surface area contributed by atoms with Gasteiger partial charge in [-0.2, -0.15) is 18.2 Å². The minimum atomic E-state index is -4.65. The van der Waals surface area contributed by atoms with Crippen molar-refractivity contribution in [2.75, 3.05) is 32.6 Å². The van der Waals surface area contributed by atoms with Crippen molar-refractivity contribution < 1.29 is 27.4 Å². The van der Waals surface area contributed by atoms with Crippen LogP contribution in [0.4, 0.5) is 24.8 Å². The number of benzene rings is 1. The largest absolute Gasteiger partial charge is 0.495 e. The van der Waals surface area contributed by atoms with Crippen molar-refractivity contribution in [1.29, 1.82) is 0 Å². The lowest BCUT2D eigenvalue weighted by Crippen LogP contribution is -2.28. The molecule has 1 amide bonds. The van der Waals surface area contributed by atoms with E-state index in [2.05, 4.69) is 15.3 Å². The smallest absolute Gasteiger partial charge is 0.423 e. The molecule has 0 atom stereocenters. The number of fused-ring (bicyclic) bond motifs is 4. The van der Waals surface area contributed by atoms with Crippen molar-refractivity contribution in [3.8, 4) is 11.6 Å². The van der Waals surface area contributed by atoms with Gasteiger partial charge >= 0.3 is 6.18 Å². The number of hydrogen-bond acceptors (Lipinski definition) is 6. The molecule has 0 saturated carbocycles. The van der Waals surface area contributed by atoms with E-state index in [0.29, 0.717) is 36.2 Å². The number of amides is 1. The van der Waals surface area contributed by atoms with E-state index in [4.69, 9.17) is 9.47 Å². The summed E-state index contributed by atoms with van der Waals surface area (Å²) in [6.07, 6.45) is -3.64. The maximum Gasteiger partial charge on any atom is 0.423 e. The highest BCUT2D eigenvalue weighted by atomic mass is 19.4. The first-order valence-electron chi connectivity index (χ1n) is 8.07. The fraction of sp³-hybridized carbons (Fsp3) is 0.353. The predicted octanol–water partition coefficient (Wildman–Crippen LogP) is 3.10. The van der Waals surface area contributed by atoms with Crippen LogP contribution in [0.2, 0.25) is 0 Å². The van der Waals surface area contributed by atoms with E-state index in [1.54, 1.807) is 19.2 Å². The number of nitrogens with one attached hydrogen (secondary N) is 1. The highest BCUT2D eigenvalue weighted by molar-refractivity contribution is 5.95.